The van der Waals surface area contributed by atoms with Crippen molar-refractivity contribution in [2.24, 2.45) is 0 Å². The van der Waals surface area contributed by atoms with Crippen LogP contribution < -0.4 is 9.64 Å². The summed E-state index contributed by atoms with van der Waals surface area (Å²) in [5.74, 6) is 0.575. The molecule has 2 aromatic heterocycles. The van der Waals surface area contributed by atoms with Gasteiger partial charge in [0.1, 0.15) is 16.8 Å². The summed E-state index contributed by atoms with van der Waals surface area (Å²) >= 11 is 14.3. The van der Waals surface area contributed by atoms with Gasteiger partial charge in [-0.2, -0.15) is 5.26 Å². The SMILES string of the molecule is Cc1nnc(N2CCn3c(cc4c(OCC#N)cc(Cl)c(Cl)c43)C2)s1. The first kappa shape index (κ1) is 16.5. The van der Waals surface area contributed by atoms with E-state index < -0.39 is 0 Å². The van der Waals surface area contributed by atoms with Crippen LogP contribution in [0.15, 0.2) is 12.1 Å². The molecule has 0 saturated carbocycles. The number of aromatic nitrogens is 3. The summed E-state index contributed by atoms with van der Waals surface area (Å²) < 4.78 is 7.71. The van der Waals surface area contributed by atoms with Crippen LogP contribution in [0.1, 0.15) is 10.7 Å². The average molecular weight is 394 g/mol. The third-order valence-corrected chi connectivity index (χ3v) is 5.82. The van der Waals surface area contributed by atoms with Gasteiger partial charge in [-0.1, -0.05) is 34.5 Å². The van der Waals surface area contributed by atoms with Gasteiger partial charge in [-0.3, -0.25) is 0 Å². The highest BCUT2D eigenvalue weighted by atomic mass is 35.5. The van der Waals surface area contributed by atoms with Gasteiger partial charge >= 0.3 is 0 Å². The lowest BCUT2D eigenvalue weighted by Crippen LogP contribution is -2.33. The van der Waals surface area contributed by atoms with Crippen LogP contribution in [0.25, 0.3) is 10.9 Å². The lowest BCUT2D eigenvalue weighted by molar-refractivity contribution is 0.372. The van der Waals surface area contributed by atoms with Crippen LogP contribution in [0.2, 0.25) is 10.0 Å². The molecule has 0 radical (unpaired) electrons. The summed E-state index contributed by atoms with van der Waals surface area (Å²) in [6.07, 6.45) is 0. The van der Waals surface area contributed by atoms with Crippen LogP contribution in [0, 0.1) is 18.3 Å². The second-order valence-corrected chi connectivity index (χ2v) is 7.64. The minimum Gasteiger partial charge on any atom is -0.478 e. The van der Waals surface area contributed by atoms with Crippen LogP contribution in [-0.4, -0.2) is 27.9 Å². The zero-order valence-electron chi connectivity index (χ0n) is 13.3. The molecule has 0 spiro atoms. The highest BCUT2D eigenvalue weighted by molar-refractivity contribution is 7.15. The first-order valence-electron chi connectivity index (χ1n) is 7.63. The molecule has 0 aliphatic carbocycles. The molecule has 1 aliphatic rings. The summed E-state index contributed by atoms with van der Waals surface area (Å²) in [4.78, 5) is 2.20. The fraction of sp³-hybridized carbons (Fsp3) is 0.312. The number of halogens is 2. The van der Waals surface area contributed by atoms with Gasteiger partial charge in [0.05, 0.1) is 22.1 Å². The van der Waals surface area contributed by atoms with Crippen LogP contribution in [0.5, 0.6) is 5.75 Å². The molecule has 0 saturated heterocycles. The van der Waals surface area contributed by atoms with Crippen molar-refractivity contribution in [3.05, 3.63) is 32.9 Å². The maximum absolute atomic E-state index is 8.79. The Morgan fingerprint density at radius 3 is 2.88 bits per heavy atom. The highest BCUT2D eigenvalue weighted by Gasteiger charge is 2.24. The van der Waals surface area contributed by atoms with E-state index in [0.29, 0.717) is 22.3 Å². The largest absolute Gasteiger partial charge is 0.478 e. The van der Waals surface area contributed by atoms with Crippen molar-refractivity contribution in [2.45, 2.75) is 20.0 Å². The summed E-state index contributed by atoms with van der Waals surface area (Å²) in [5.41, 5.74) is 1.95. The van der Waals surface area contributed by atoms with E-state index in [9.17, 15) is 0 Å². The normalized spacial score (nSPS) is 13.8. The van der Waals surface area contributed by atoms with Gasteiger partial charge in [0.2, 0.25) is 5.13 Å². The van der Waals surface area contributed by atoms with Gasteiger partial charge < -0.3 is 14.2 Å². The summed E-state index contributed by atoms with van der Waals surface area (Å²) in [6.45, 7) is 4.18. The Kier molecular flexibility index (Phi) is 4.20. The predicted molar refractivity (Wildman–Crippen MR) is 98.8 cm³/mol. The third-order valence-electron chi connectivity index (χ3n) is 4.15. The van der Waals surface area contributed by atoms with Crippen molar-refractivity contribution in [3.8, 4) is 11.8 Å². The molecule has 6 nitrogen and oxygen atoms in total. The molecule has 128 valence electrons. The smallest absolute Gasteiger partial charge is 0.208 e. The van der Waals surface area contributed by atoms with Crippen molar-refractivity contribution >= 4 is 50.6 Å². The van der Waals surface area contributed by atoms with Crippen molar-refractivity contribution in [1.82, 2.24) is 14.8 Å². The summed E-state index contributed by atoms with van der Waals surface area (Å²) in [7, 11) is 0. The van der Waals surface area contributed by atoms with Crippen LogP contribution in [0.3, 0.4) is 0 Å². The lowest BCUT2D eigenvalue weighted by atomic mass is 10.2. The van der Waals surface area contributed by atoms with Crippen molar-refractivity contribution < 1.29 is 4.74 Å². The molecule has 3 aromatic rings. The summed E-state index contributed by atoms with van der Waals surface area (Å²) in [6, 6.07) is 5.69. The molecule has 9 heteroatoms. The quantitative estimate of drug-likeness (QED) is 0.671. The molecule has 0 fully saturated rings. The molecular weight excluding hydrogens is 381 g/mol. The summed E-state index contributed by atoms with van der Waals surface area (Å²) in [5, 5.41) is 20.8. The van der Waals surface area contributed by atoms with Crippen molar-refractivity contribution in [1.29, 1.82) is 5.26 Å². The van der Waals surface area contributed by atoms with E-state index in [1.807, 2.05) is 19.1 Å². The average Bonchev–Trinajstić information content (AvgIpc) is 3.20. The maximum atomic E-state index is 8.79. The topological polar surface area (TPSA) is 67.0 Å². The fourth-order valence-electron chi connectivity index (χ4n) is 3.08. The van der Waals surface area contributed by atoms with Crippen LogP contribution >= 0.6 is 34.5 Å². The standard InChI is InChI=1S/C16H13Cl2N5OS/c1-9-20-21-16(25-9)22-3-4-23-10(8-22)6-11-13(24-5-2-19)7-12(17)14(18)15(11)23/h6-7H,3-5,8H2,1H3. The van der Waals surface area contributed by atoms with Crippen LogP contribution in [0.4, 0.5) is 5.13 Å². The second kappa shape index (κ2) is 6.37. The Morgan fingerprint density at radius 2 is 2.16 bits per heavy atom. The number of benzene rings is 1. The molecule has 1 aliphatic heterocycles. The monoisotopic (exact) mass is 393 g/mol. The van der Waals surface area contributed by atoms with Gasteiger partial charge in [0.15, 0.2) is 6.61 Å². The van der Waals surface area contributed by atoms with Gasteiger partial charge in [0, 0.05) is 30.2 Å². The number of hydrogen-bond donors (Lipinski definition) is 0. The Balaban J connectivity index is 1.79. The third kappa shape index (κ3) is 2.80. The van der Waals surface area contributed by atoms with E-state index in [-0.39, 0.29) is 6.61 Å². The molecule has 0 unspecified atom stereocenters. The number of ether oxygens (including phenoxy) is 1. The minimum atomic E-state index is -0.0379. The fourth-order valence-corrected chi connectivity index (χ4v) is 4.24. The number of hydrogen-bond acceptors (Lipinski definition) is 6. The molecule has 0 N–H and O–H groups in total. The Morgan fingerprint density at radius 1 is 1.32 bits per heavy atom. The van der Waals surface area contributed by atoms with Gasteiger partial charge in [0.25, 0.3) is 0 Å². The van der Waals surface area contributed by atoms with E-state index in [1.165, 1.54) is 0 Å². The molecule has 0 amide bonds. The Bertz CT molecular complexity index is 1010. The number of nitriles is 1. The van der Waals surface area contributed by atoms with E-state index in [0.717, 1.165) is 39.8 Å². The second-order valence-electron chi connectivity index (χ2n) is 5.69. The molecular formula is C16H13Cl2N5OS. The number of nitrogens with zero attached hydrogens (tertiary/aromatic N) is 5. The number of fused-ring (bicyclic) bond motifs is 3. The molecule has 1 aromatic carbocycles. The first-order chi connectivity index (χ1) is 12.1. The van der Waals surface area contributed by atoms with E-state index in [1.54, 1.807) is 17.4 Å². The molecule has 25 heavy (non-hydrogen) atoms. The van der Waals surface area contributed by atoms with Gasteiger partial charge in [-0.25, -0.2) is 0 Å². The van der Waals surface area contributed by atoms with Gasteiger partial charge in [-0.15, -0.1) is 10.2 Å². The zero-order valence-corrected chi connectivity index (χ0v) is 15.6. The minimum absolute atomic E-state index is 0.0379. The van der Waals surface area contributed by atoms with E-state index in [2.05, 4.69) is 19.7 Å². The number of rotatable bonds is 3. The van der Waals surface area contributed by atoms with E-state index >= 15 is 0 Å². The zero-order chi connectivity index (χ0) is 17.6. The molecule has 4 rings (SSSR count). The molecule has 0 atom stereocenters. The first-order valence-corrected chi connectivity index (χ1v) is 9.20. The molecule has 3 heterocycles. The lowest BCUT2D eigenvalue weighted by Gasteiger charge is -2.28. The predicted octanol–water partition coefficient (Wildman–Crippen LogP) is 4.03. The van der Waals surface area contributed by atoms with Crippen molar-refractivity contribution in [2.75, 3.05) is 18.1 Å². The number of aryl methyl sites for hydroxylation is 1. The van der Waals surface area contributed by atoms with E-state index in [4.69, 9.17) is 33.2 Å². The Hall–Kier alpha value is -2.01. The Labute approximate surface area is 158 Å². The van der Waals surface area contributed by atoms with Gasteiger partial charge in [-0.05, 0) is 13.0 Å². The number of anilines is 1. The van der Waals surface area contributed by atoms with Crippen molar-refractivity contribution in [3.63, 3.8) is 0 Å². The molecule has 0 bridgehead atoms. The highest BCUT2D eigenvalue weighted by Crippen LogP contribution is 2.41. The van der Waals surface area contributed by atoms with Crippen LogP contribution in [-0.2, 0) is 13.1 Å². The maximum Gasteiger partial charge on any atom is 0.208 e.